The van der Waals surface area contributed by atoms with Gasteiger partial charge in [-0.1, -0.05) is 48.0 Å². The molecular weight excluding hydrogens is 419 g/mol. The number of anilines is 2. The highest BCUT2D eigenvalue weighted by molar-refractivity contribution is 6.32. The van der Waals surface area contributed by atoms with Gasteiger partial charge in [-0.3, -0.25) is 14.4 Å². The maximum Gasteiger partial charge on any atom is 0.266 e. The number of halogens is 2. The van der Waals surface area contributed by atoms with E-state index in [9.17, 15) is 14.0 Å². The summed E-state index contributed by atoms with van der Waals surface area (Å²) in [5.74, 6) is -1.97. The molecule has 0 bridgehead atoms. The average Bonchev–Trinajstić information content (AvgIpc) is 3.28. The largest absolute Gasteiger partial charge is 0.273 e. The highest BCUT2D eigenvalue weighted by atomic mass is 35.5. The summed E-state index contributed by atoms with van der Waals surface area (Å²) in [5, 5.41) is 2.05. The third-order valence-corrected chi connectivity index (χ3v) is 6.23. The first-order valence-electron chi connectivity index (χ1n) is 9.87. The summed E-state index contributed by atoms with van der Waals surface area (Å²) < 4.78 is 13.6. The molecule has 3 atom stereocenters. The smallest absolute Gasteiger partial charge is 0.266 e. The highest BCUT2D eigenvalue weighted by Crippen LogP contribution is 2.48. The number of fused-ring (bicyclic) bond motifs is 1. The Kier molecular flexibility index (Phi) is 4.76. The number of hydroxylamine groups is 1. The van der Waals surface area contributed by atoms with Crippen molar-refractivity contribution in [2.45, 2.75) is 19.1 Å². The molecule has 3 aromatic carbocycles. The lowest BCUT2D eigenvalue weighted by atomic mass is 9.90. The maximum atomic E-state index is 13.6. The van der Waals surface area contributed by atoms with Gasteiger partial charge in [-0.15, -0.1) is 0 Å². The molecule has 0 saturated carbocycles. The van der Waals surface area contributed by atoms with Gasteiger partial charge in [0, 0.05) is 5.02 Å². The van der Waals surface area contributed by atoms with Crippen LogP contribution in [0.15, 0.2) is 72.8 Å². The molecule has 3 aromatic rings. The Bertz CT molecular complexity index is 1170. The molecule has 31 heavy (non-hydrogen) atoms. The van der Waals surface area contributed by atoms with Crippen molar-refractivity contribution in [2.75, 3.05) is 9.96 Å². The number of hydrogen-bond acceptors (Lipinski definition) is 4. The van der Waals surface area contributed by atoms with Gasteiger partial charge in [0.15, 0.2) is 6.10 Å². The Morgan fingerprint density at radius 3 is 2.32 bits per heavy atom. The van der Waals surface area contributed by atoms with Crippen LogP contribution in [0.4, 0.5) is 15.8 Å². The first-order valence-corrected chi connectivity index (χ1v) is 10.2. The van der Waals surface area contributed by atoms with Gasteiger partial charge in [-0.05, 0) is 54.4 Å². The second-order valence-corrected chi connectivity index (χ2v) is 8.01. The van der Waals surface area contributed by atoms with E-state index in [0.29, 0.717) is 27.5 Å². The van der Waals surface area contributed by atoms with Gasteiger partial charge in [-0.25, -0.2) is 14.4 Å². The molecule has 2 aliphatic rings. The minimum absolute atomic E-state index is 0.367. The lowest BCUT2D eigenvalue weighted by Crippen LogP contribution is -2.37. The normalized spacial score (nSPS) is 22.9. The third kappa shape index (κ3) is 3.10. The Labute approximate surface area is 183 Å². The molecule has 2 aliphatic heterocycles. The molecule has 2 fully saturated rings. The van der Waals surface area contributed by atoms with Crippen LogP contribution in [0.3, 0.4) is 0 Å². The quantitative estimate of drug-likeness (QED) is 0.551. The van der Waals surface area contributed by atoms with Crippen LogP contribution in [0.5, 0.6) is 0 Å². The van der Waals surface area contributed by atoms with E-state index in [1.54, 1.807) is 42.3 Å². The minimum Gasteiger partial charge on any atom is -0.273 e. The number of imide groups is 1. The van der Waals surface area contributed by atoms with Crippen LogP contribution in [0.25, 0.3) is 0 Å². The van der Waals surface area contributed by atoms with Gasteiger partial charge in [0.2, 0.25) is 5.91 Å². The van der Waals surface area contributed by atoms with E-state index in [4.69, 9.17) is 16.4 Å². The summed E-state index contributed by atoms with van der Waals surface area (Å²) in [6, 6.07) is 19.7. The van der Waals surface area contributed by atoms with Crippen molar-refractivity contribution in [3.63, 3.8) is 0 Å². The standard InChI is InChI=1S/C24H18ClFN2O3/c1-14-18(25)8-5-9-19(14)27-23(29)20-21(15-10-12-16(26)13-11-15)28(31-22(20)24(27)30)17-6-3-2-4-7-17/h2-13,20-22H,1H3/t20-,21+,22-/m0/s1. The fraction of sp³-hybridized carbons (Fsp3) is 0.167. The van der Waals surface area contributed by atoms with Crippen molar-refractivity contribution < 1.29 is 18.8 Å². The first kappa shape index (κ1) is 19.7. The van der Waals surface area contributed by atoms with Crippen LogP contribution >= 0.6 is 11.6 Å². The topological polar surface area (TPSA) is 49.9 Å². The molecular formula is C24H18ClFN2O3. The van der Waals surface area contributed by atoms with Gasteiger partial charge in [-0.2, -0.15) is 0 Å². The molecule has 7 heteroatoms. The second kappa shape index (κ2) is 7.48. The monoisotopic (exact) mass is 436 g/mol. The number of hydrogen-bond donors (Lipinski definition) is 0. The molecule has 0 aliphatic carbocycles. The van der Waals surface area contributed by atoms with Crippen LogP contribution < -0.4 is 9.96 Å². The van der Waals surface area contributed by atoms with Crippen LogP contribution in [-0.2, 0) is 14.4 Å². The number of rotatable bonds is 3. The van der Waals surface area contributed by atoms with Gasteiger partial charge < -0.3 is 0 Å². The molecule has 2 amide bonds. The summed E-state index contributed by atoms with van der Waals surface area (Å²) in [6.07, 6.45) is -0.985. The predicted octanol–water partition coefficient (Wildman–Crippen LogP) is 4.84. The summed E-state index contributed by atoms with van der Waals surface area (Å²) in [7, 11) is 0. The molecule has 2 saturated heterocycles. The molecule has 156 valence electrons. The van der Waals surface area contributed by atoms with Crippen LogP contribution in [0, 0.1) is 18.7 Å². The first-order chi connectivity index (χ1) is 15.0. The van der Waals surface area contributed by atoms with Gasteiger partial charge in [0.05, 0.1) is 17.4 Å². The predicted molar refractivity (Wildman–Crippen MR) is 115 cm³/mol. The third-order valence-electron chi connectivity index (χ3n) is 5.82. The van der Waals surface area contributed by atoms with E-state index in [0.717, 1.165) is 4.90 Å². The molecule has 0 spiro atoms. The summed E-state index contributed by atoms with van der Waals surface area (Å²) in [5.41, 5.74) is 2.48. The van der Waals surface area contributed by atoms with Crippen molar-refractivity contribution in [2.24, 2.45) is 5.92 Å². The Hall–Kier alpha value is -3.22. The van der Waals surface area contributed by atoms with Gasteiger partial charge in [0.1, 0.15) is 11.7 Å². The lowest BCUT2D eigenvalue weighted by Gasteiger charge is -2.29. The molecule has 0 aromatic heterocycles. The summed E-state index contributed by atoms with van der Waals surface area (Å²) >= 11 is 6.23. The number of para-hydroxylation sites is 1. The van der Waals surface area contributed by atoms with Crippen LogP contribution in [0.1, 0.15) is 17.2 Å². The zero-order chi connectivity index (χ0) is 21.7. The number of carbonyl (C=O) groups excluding carboxylic acids is 2. The van der Waals surface area contributed by atoms with E-state index < -0.39 is 24.0 Å². The second-order valence-electron chi connectivity index (χ2n) is 7.61. The van der Waals surface area contributed by atoms with E-state index >= 15 is 0 Å². The Morgan fingerprint density at radius 1 is 0.903 bits per heavy atom. The summed E-state index contributed by atoms with van der Waals surface area (Å²) in [4.78, 5) is 34.1. The van der Waals surface area contributed by atoms with E-state index in [2.05, 4.69) is 0 Å². The van der Waals surface area contributed by atoms with Crippen molar-refractivity contribution in [3.8, 4) is 0 Å². The average molecular weight is 437 g/mol. The minimum atomic E-state index is -0.985. The zero-order valence-corrected chi connectivity index (χ0v) is 17.3. The van der Waals surface area contributed by atoms with E-state index in [-0.39, 0.29) is 11.7 Å². The summed E-state index contributed by atoms with van der Waals surface area (Å²) in [6.45, 7) is 1.76. The molecule has 0 radical (unpaired) electrons. The fourth-order valence-corrected chi connectivity index (χ4v) is 4.46. The van der Waals surface area contributed by atoms with Crippen molar-refractivity contribution in [1.29, 1.82) is 0 Å². The lowest BCUT2D eigenvalue weighted by molar-refractivity contribution is -0.126. The zero-order valence-electron chi connectivity index (χ0n) is 16.5. The fourth-order valence-electron chi connectivity index (χ4n) is 4.29. The van der Waals surface area contributed by atoms with E-state index in [1.165, 1.54) is 12.1 Å². The molecule has 2 heterocycles. The van der Waals surface area contributed by atoms with Crippen molar-refractivity contribution in [1.82, 2.24) is 0 Å². The van der Waals surface area contributed by atoms with Crippen LogP contribution in [0.2, 0.25) is 5.02 Å². The number of amides is 2. The van der Waals surface area contributed by atoms with Gasteiger partial charge >= 0.3 is 0 Å². The molecule has 0 N–H and O–H groups in total. The highest BCUT2D eigenvalue weighted by Gasteiger charge is 2.60. The van der Waals surface area contributed by atoms with Crippen molar-refractivity contribution >= 4 is 34.8 Å². The molecule has 5 rings (SSSR count). The van der Waals surface area contributed by atoms with Gasteiger partial charge in [0.25, 0.3) is 5.91 Å². The van der Waals surface area contributed by atoms with Crippen molar-refractivity contribution in [3.05, 3.63) is 94.8 Å². The number of carbonyl (C=O) groups is 2. The Balaban J connectivity index is 1.60. The SMILES string of the molecule is Cc1c(Cl)cccc1N1C(=O)[C@@H]2[C@H](ON(c3ccccc3)[C@@H]2c2ccc(F)cc2)C1=O. The molecule has 0 unspecified atom stereocenters. The van der Waals surface area contributed by atoms with Crippen LogP contribution in [-0.4, -0.2) is 17.9 Å². The number of benzene rings is 3. The van der Waals surface area contributed by atoms with E-state index in [1.807, 2.05) is 30.3 Å². The Morgan fingerprint density at radius 2 is 1.61 bits per heavy atom. The molecule has 5 nitrogen and oxygen atoms in total. The number of nitrogens with zero attached hydrogens (tertiary/aromatic N) is 2. The maximum absolute atomic E-state index is 13.6.